The molecular weight excluding hydrogens is 326 g/mol. The van der Waals surface area contributed by atoms with Crippen molar-refractivity contribution in [1.29, 1.82) is 0 Å². The molecule has 1 aromatic heterocycles. The van der Waals surface area contributed by atoms with Crippen molar-refractivity contribution < 1.29 is 9.59 Å². The molecule has 2 amide bonds. The van der Waals surface area contributed by atoms with Gasteiger partial charge >= 0.3 is 5.69 Å². The first-order valence-electron chi connectivity index (χ1n) is 8.46. The molecule has 25 heavy (non-hydrogen) atoms. The highest BCUT2D eigenvalue weighted by molar-refractivity contribution is 5.77. The van der Waals surface area contributed by atoms with Gasteiger partial charge in [0.2, 0.25) is 11.8 Å². The van der Waals surface area contributed by atoms with Gasteiger partial charge in [-0.25, -0.2) is 4.79 Å². The smallest absolute Gasteiger partial charge is 0.331 e. The maximum Gasteiger partial charge on any atom is 0.331 e. The average Bonchev–Trinajstić information content (AvgIpc) is 2.61. The molecule has 1 atom stereocenters. The van der Waals surface area contributed by atoms with Gasteiger partial charge < -0.3 is 16.0 Å². The Balaban J connectivity index is 2.05. The molecule has 1 aliphatic heterocycles. The van der Waals surface area contributed by atoms with E-state index >= 15 is 0 Å². The van der Waals surface area contributed by atoms with E-state index < -0.39 is 11.2 Å². The molecule has 2 heterocycles. The van der Waals surface area contributed by atoms with Crippen molar-refractivity contribution in [2.45, 2.75) is 38.3 Å². The van der Waals surface area contributed by atoms with Crippen molar-refractivity contribution in [3.05, 3.63) is 33.1 Å². The highest BCUT2D eigenvalue weighted by Gasteiger charge is 2.27. The largest absolute Gasteiger partial charge is 0.354 e. The summed E-state index contributed by atoms with van der Waals surface area (Å²) >= 11 is 0. The molecule has 3 N–H and O–H groups in total. The van der Waals surface area contributed by atoms with Crippen molar-refractivity contribution in [1.82, 2.24) is 19.4 Å². The quantitative estimate of drug-likeness (QED) is 0.639. The van der Waals surface area contributed by atoms with E-state index in [9.17, 15) is 19.2 Å². The first-order chi connectivity index (χ1) is 11.9. The molecule has 2 rings (SSSR count). The van der Waals surface area contributed by atoms with Gasteiger partial charge in [0.1, 0.15) is 6.54 Å². The van der Waals surface area contributed by atoms with Crippen molar-refractivity contribution in [2.75, 3.05) is 19.6 Å². The van der Waals surface area contributed by atoms with Crippen molar-refractivity contribution in [3.8, 4) is 0 Å². The predicted molar refractivity (Wildman–Crippen MR) is 92.0 cm³/mol. The minimum Gasteiger partial charge on any atom is -0.354 e. The Labute approximate surface area is 145 Å². The molecular formula is C16H25N5O4. The summed E-state index contributed by atoms with van der Waals surface area (Å²) in [7, 11) is 1.38. The topological polar surface area (TPSA) is 119 Å². The summed E-state index contributed by atoms with van der Waals surface area (Å²) in [6, 6.07) is 1.17. The van der Waals surface area contributed by atoms with Gasteiger partial charge in [-0.1, -0.05) is 0 Å². The molecule has 9 heteroatoms. The zero-order chi connectivity index (χ0) is 18.4. The number of nitrogens with one attached hydrogen (secondary N) is 1. The lowest BCUT2D eigenvalue weighted by molar-refractivity contribution is -0.136. The fourth-order valence-corrected chi connectivity index (χ4v) is 2.97. The Morgan fingerprint density at radius 3 is 2.80 bits per heavy atom. The number of likely N-dealkylation sites (tertiary alicyclic amines) is 1. The standard InChI is InChI=1S/C16H25N5O4/c1-19-14(23)6-9-20(16(19)25)11-15(24)21-8-3-2-4-12(21)10-18-13(22)5-7-17/h6,9,12H,2-5,7-8,10-11,17H2,1H3,(H,18,22). The summed E-state index contributed by atoms with van der Waals surface area (Å²) in [5, 5.41) is 2.80. The normalized spacial score (nSPS) is 17.4. The molecule has 1 aliphatic rings. The third-order valence-electron chi connectivity index (χ3n) is 4.42. The second kappa shape index (κ2) is 8.61. The van der Waals surface area contributed by atoms with E-state index in [0.717, 1.165) is 23.8 Å². The Bertz CT molecular complexity index is 739. The fraction of sp³-hybridized carbons (Fsp3) is 0.625. The second-order valence-corrected chi connectivity index (χ2v) is 6.20. The van der Waals surface area contributed by atoms with Crippen LogP contribution in [0.3, 0.4) is 0 Å². The van der Waals surface area contributed by atoms with Gasteiger partial charge in [0.25, 0.3) is 5.56 Å². The molecule has 0 radical (unpaired) electrons. The van der Waals surface area contributed by atoms with Crippen LogP contribution >= 0.6 is 0 Å². The number of aromatic nitrogens is 2. The number of hydrogen-bond acceptors (Lipinski definition) is 5. The maximum absolute atomic E-state index is 12.6. The van der Waals surface area contributed by atoms with Crippen molar-refractivity contribution >= 4 is 11.8 Å². The van der Waals surface area contributed by atoms with Gasteiger partial charge in [0.15, 0.2) is 0 Å². The molecule has 0 saturated carbocycles. The molecule has 1 aromatic rings. The molecule has 9 nitrogen and oxygen atoms in total. The predicted octanol–water partition coefficient (Wildman–Crippen LogP) is -1.61. The van der Waals surface area contributed by atoms with Crippen molar-refractivity contribution in [2.24, 2.45) is 12.8 Å². The van der Waals surface area contributed by atoms with Gasteiger partial charge in [-0.15, -0.1) is 0 Å². The van der Waals surface area contributed by atoms with Gasteiger partial charge in [-0.2, -0.15) is 0 Å². The van der Waals surface area contributed by atoms with E-state index in [4.69, 9.17) is 5.73 Å². The summed E-state index contributed by atoms with van der Waals surface area (Å²) in [6.45, 7) is 1.14. The van der Waals surface area contributed by atoms with Crippen LogP contribution in [0, 0.1) is 0 Å². The number of piperidine rings is 1. The number of amides is 2. The summed E-state index contributed by atoms with van der Waals surface area (Å²) in [6.07, 6.45) is 4.28. The van der Waals surface area contributed by atoms with Gasteiger partial charge in [-0.05, 0) is 19.3 Å². The SMILES string of the molecule is Cn1c(=O)ccn(CC(=O)N2CCCCC2CNC(=O)CCN)c1=O. The van der Waals surface area contributed by atoms with Crippen LogP contribution in [0.5, 0.6) is 0 Å². The third kappa shape index (κ3) is 4.79. The van der Waals surface area contributed by atoms with Crippen LogP contribution in [-0.4, -0.2) is 51.5 Å². The lowest BCUT2D eigenvalue weighted by Crippen LogP contribution is -2.51. The number of carbonyl (C=O) groups is 2. The lowest BCUT2D eigenvalue weighted by atomic mass is 10.0. The number of rotatable bonds is 6. The third-order valence-corrected chi connectivity index (χ3v) is 4.42. The molecule has 1 saturated heterocycles. The Morgan fingerprint density at radius 2 is 2.08 bits per heavy atom. The van der Waals surface area contributed by atoms with E-state index in [1.807, 2.05) is 0 Å². The van der Waals surface area contributed by atoms with Crippen LogP contribution in [0.1, 0.15) is 25.7 Å². The zero-order valence-corrected chi connectivity index (χ0v) is 14.4. The highest BCUT2D eigenvalue weighted by atomic mass is 16.2. The summed E-state index contributed by atoms with van der Waals surface area (Å²) < 4.78 is 2.19. The summed E-state index contributed by atoms with van der Waals surface area (Å²) in [5.41, 5.74) is 4.42. The van der Waals surface area contributed by atoms with Crippen LogP contribution < -0.4 is 22.3 Å². The Kier molecular flexibility index (Phi) is 6.51. The molecule has 1 unspecified atom stereocenters. The zero-order valence-electron chi connectivity index (χ0n) is 14.4. The molecule has 0 aliphatic carbocycles. The minimum atomic E-state index is -0.523. The van der Waals surface area contributed by atoms with E-state index in [2.05, 4.69) is 5.32 Å². The highest BCUT2D eigenvalue weighted by Crippen LogP contribution is 2.17. The number of hydrogen-bond donors (Lipinski definition) is 2. The van der Waals surface area contributed by atoms with Gasteiger partial charge in [-0.3, -0.25) is 23.5 Å². The van der Waals surface area contributed by atoms with Crippen LogP contribution in [0.15, 0.2) is 21.9 Å². The monoisotopic (exact) mass is 351 g/mol. The number of nitrogens with two attached hydrogens (primary N) is 1. The molecule has 1 fully saturated rings. The lowest BCUT2D eigenvalue weighted by Gasteiger charge is -2.36. The Morgan fingerprint density at radius 1 is 1.32 bits per heavy atom. The number of nitrogens with zero attached hydrogens (tertiary/aromatic N) is 3. The van der Waals surface area contributed by atoms with Gasteiger partial charge in [0.05, 0.1) is 0 Å². The molecule has 0 aromatic carbocycles. The molecule has 0 bridgehead atoms. The number of carbonyl (C=O) groups excluding carboxylic acids is 2. The second-order valence-electron chi connectivity index (χ2n) is 6.20. The van der Waals surface area contributed by atoms with E-state index in [1.54, 1.807) is 4.90 Å². The van der Waals surface area contributed by atoms with Gasteiger partial charge in [0, 0.05) is 51.4 Å². The van der Waals surface area contributed by atoms with E-state index in [-0.39, 0.29) is 37.4 Å². The Hall–Kier alpha value is -2.42. The summed E-state index contributed by atoms with van der Waals surface area (Å²) in [4.78, 5) is 49.5. The molecule has 0 spiro atoms. The average molecular weight is 351 g/mol. The minimum absolute atomic E-state index is 0.0915. The first-order valence-corrected chi connectivity index (χ1v) is 8.46. The van der Waals surface area contributed by atoms with Crippen LogP contribution in [0.4, 0.5) is 0 Å². The fourth-order valence-electron chi connectivity index (χ4n) is 2.97. The van der Waals surface area contributed by atoms with E-state index in [1.165, 1.54) is 23.9 Å². The maximum atomic E-state index is 12.6. The van der Waals surface area contributed by atoms with Crippen LogP contribution in [0.25, 0.3) is 0 Å². The summed E-state index contributed by atoms with van der Waals surface area (Å²) in [5.74, 6) is -0.326. The van der Waals surface area contributed by atoms with E-state index in [0.29, 0.717) is 13.1 Å². The van der Waals surface area contributed by atoms with Crippen LogP contribution in [-0.2, 0) is 23.2 Å². The molecule has 138 valence electrons. The van der Waals surface area contributed by atoms with Crippen molar-refractivity contribution in [3.63, 3.8) is 0 Å². The first kappa shape index (κ1) is 18.9. The van der Waals surface area contributed by atoms with Crippen LogP contribution in [0.2, 0.25) is 0 Å².